The molecule has 0 aromatic carbocycles. The molecule has 6 nitrogen and oxygen atoms in total. The van der Waals surface area contributed by atoms with Crippen LogP contribution >= 0.6 is 0 Å². The molecule has 1 heterocycles. The van der Waals surface area contributed by atoms with E-state index < -0.39 is 6.10 Å². The van der Waals surface area contributed by atoms with Crippen LogP contribution in [0.5, 0.6) is 0 Å². The van der Waals surface area contributed by atoms with E-state index in [9.17, 15) is 4.79 Å². The quantitative estimate of drug-likeness (QED) is 0.651. The molecule has 84 valence electrons. The maximum absolute atomic E-state index is 11.6. The number of nitrogens with two attached hydrogens (primary N) is 1. The number of nitrogens with one attached hydrogen (secondary N) is 2. The van der Waals surface area contributed by atoms with E-state index >= 15 is 0 Å². The number of carbonyl (C=O) groups is 1. The van der Waals surface area contributed by atoms with E-state index in [1.807, 2.05) is 13.8 Å². The SMILES string of the molecule is COC(CN)C(=O)Nc1n[nH]c(C)c1C. The molecule has 0 radical (unpaired) electrons. The third-order valence-electron chi connectivity index (χ3n) is 2.29. The molecule has 1 amide bonds. The highest BCUT2D eigenvalue weighted by Gasteiger charge is 2.17. The molecule has 4 N–H and O–H groups in total. The Balaban J connectivity index is 2.70. The zero-order valence-electron chi connectivity index (χ0n) is 9.13. The monoisotopic (exact) mass is 212 g/mol. The van der Waals surface area contributed by atoms with Gasteiger partial charge in [0.1, 0.15) is 6.10 Å². The van der Waals surface area contributed by atoms with Gasteiger partial charge in [0.05, 0.1) is 0 Å². The minimum atomic E-state index is -0.638. The number of methoxy groups -OCH3 is 1. The maximum atomic E-state index is 11.6. The van der Waals surface area contributed by atoms with Crippen LogP contribution in [-0.2, 0) is 9.53 Å². The fourth-order valence-corrected chi connectivity index (χ4v) is 1.11. The van der Waals surface area contributed by atoms with E-state index in [-0.39, 0.29) is 12.5 Å². The molecule has 1 aromatic rings. The molecule has 0 spiro atoms. The summed E-state index contributed by atoms with van der Waals surface area (Å²) in [5.41, 5.74) is 7.20. The summed E-state index contributed by atoms with van der Waals surface area (Å²) in [5.74, 6) is 0.239. The normalized spacial score (nSPS) is 12.5. The van der Waals surface area contributed by atoms with Gasteiger partial charge in [-0.2, -0.15) is 5.10 Å². The zero-order chi connectivity index (χ0) is 11.4. The highest BCUT2D eigenvalue weighted by molar-refractivity contribution is 5.94. The first kappa shape index (κ1) is 11.7. The highest BCUT2D eigenvalue weighted by atomic mass is 16.5. The van der Waals surface area contributed by atoms with Crippen molar-refractivity contribution in [3.05, 3.63) is 11.3 Å². The molecule has 0 aliphatic heterocycles. The van der Waals surface area contributed by atoms with Crippen LogP contribution in [0, 0.1) is 13.8 Å². The smallest absolute Gasteiger partial charge is 0.256 e. The number of H-pyrrole nitrogens is 1. The number of carbonyl (C=O) groups excluding carboxylic acids is 1. The molecule has 15 heavy (non-hydrogen) atoms. The average Bonchev–Trinajstić information content (AvgIpc) is 2.52. The molecular formula is C9H16N4O2. The number of amides is 1. The predicted octanol–water partition coefficient (Wildman–Crippen LogP) is -0.0613. The summed E-state index contributed by atoms with van der Waals surface area (Å²) in [5, 5.41) is 9.38. The number of anilines is 1. The lowest BCUT2D eigenvalue weighted by Gasteiger charge is -2.11. The average molecular weight is 212 g/mol. The molecule has 1 atom stereocenters. The predicted molar refractivity (Wildman–Crippen MR) is 56.5 cm³/mol. The molecule has 0 saturated carbocycles. The molecule has 1 unspecified atom stereocenters. The number of rotatable bonds is 4. The van der Waals surface area contributed by atoms with E-state index in [0.717, 1.165) is 11.3 Å². The fourth-order valence-electron chi connectivity index (χ4n) is 1.11. The van der Waals surface area contributed by atoms with Gasteiger partial charge in [0.25, 0.3) is 5.91 Å². The highest BCUT2D eigenvalue weighted by Crippen LogP contribution is 2.13. The summed E-state index contributed by atoms with van der Waals surface area (Å²) in [4.78, 5) is 11.6. The summed E-state index contributed by atoms with van der Waals surface area (Å²) in [6.07, 6.45) is -0.638. The summed E-state index contributed by atoms with van der Waals surface area (Å²) < 4.78 is 4.91. The Morgan fingerprint density at radius 1 is 1.67 bits per heavy atom. The Morgan fingerprint density at radius 2 is 2.33 bits per heavy atom. The van der Waals surface area contributed by atoms with Crippen LogP contribution in [0.15, 0.2) is 0 Å². The lowest BCUT2D eigenvalue weighted by Crippen LogP contribution is -2.36. The number of hydrogen-bond acceptors (Lipinski definition) is 4. The van der Waals surface area contributed by atoms with E-state index in [0.29, 0.717) is 5.82 Å². The number of aryl methyl sites for hydroxylation is 1. The van der Waals surface area contributed by atoms with E-state index in [2.05, 4.69) is 15.5 Å². The Kier molecular flexibility index (Phi) is 3.81. The molecule has 1 rings (SSSR count). The minimum absolute atomic E-state index is 0.144. The molecule has 0 saturated heterocycles. The van der Waals surface area contributed by atoms with Gasteiger partial charge >= 0.3 is 0 Å². The van der Waals surface area contributed by atoms with Crippen molar-refractivity contribution in [2.45, 2.75) is 20.0 Å². The Morgan fingerprint density at radius 3 is 2.73 bits per heavy atom. The van der Waals surface area contributed by atoms with Gasteiger partial charge in [0, 0.05) is 24.9 Å². The number of ether oxygens (including phenoxy) is 1. The molecule has 0 aliphatic rings. The third-order valence-corrected chi connectivity index (χ3v) is 2.29. The molecule has 0 fully saturated rings. The molecule has 1 aromatic heterocycles. The Bertz CT molecular complexity index is 344. The molecule has 0 aliphatic carbocycles. The zero-order valence-corrected chi connectivity index (χ0v) is 9.13. The fraction of sp³-hybridized carbons (Fsp3) is 0.556. The molecule has 6 heteroatoms. The standard InChI is InChI=1S/C9H16N4O2/c1-5-6(2)12-13-8(5)11-9(14)7(4-10)15-3/h7H,4,10H2,1-3H3,(H2,11,12,13,14). The summed E-state index contributed by atoms with van der Waals surface area (Å²) in [6, 6.07) is 0. The second kappa shape index (κ2) is 4.90. The van der Waals surface area contributed by atoms with Crippen LogP contribution in [0.2, 0.25) is 0 Å². The van der Waals surface area contributed by atoms with Crippen LogP contribution in [-0.4, -0.2) is 35.9 Å². The van der Waals surface area contributed by atoms with Crippen LogP contribution < -0.4 is 11.1 Å². The van der Waals surface area contributed by atoms with Gasteiger partial charge in [-0.25, -0.2) is 0 Å². The minimum Gasteiger partial charge on any atom is -0.370 e. The van der Waals surface area contributed by atoms with Crippen molar-refractivity contribution in [1.29, 1.82) is 0 Å². The van der Waals surface area contributed by atoms with E-state index in [1.54, 1.807) is 0 Å². The summed E-state index contributed by atoms with van der Waals surface area (Å²) in [7, 11) is 1.44. The van der Waals surface area contributed by atoms with Crippen molar-refractivity contribution in [3.8, 4) is 0 Å². The van der Waals surface area contributed by atoms with Crippen LogP contribution in [0.4, 0.5) is 5.82 Å². The third kappa shape index (κ3) is 2.54. The Labute approximate surface area is 88.2 Å². The van der Waals surface area contributed by atoms with E-state index in [1.165, 1.54) is 7.11 Å². The first-order chi connectivity index (χ1) is 7.10. The first-order valence-corrected chi connectivity index (χ1v) is 4.65. The van der Waals surface area contributed by atoms with Crippen molar-refractivity contribution in [1.82, 2.24) is 10.2 Å². The van der Waals surface area contributed by atoms with Gasteiger partial charge in [-0.1, -0.05) is 0 Å². The Hall–Kier alpha value is -1.40. The molecular weight excluding hydrogens is 196 g/mol. The maximum Gasteiger partial charge on any atom is 0.256 e. The van der Waals surface area contributed by atoms with Gasteiger partial charge in [-0.15, -0.1) is 0 Å². The number of hydrogen-bond donors (Lipinski definition) is 3. The lowest BCUT2D eigenvalue weighted by molar-refractivity contribution is -0.125. The van der Waals surface area contributed by atoms with Crippen LogP contribution in [0.3, 0.4) is 0 Å². The molecule has 0 bridgehead atoms. The second-order valence-corrected chi connectivity index (χ2v) is 3.27. The van der Waals surface area contributed by atoms with Crippen molar-refractivity contribution < 1.29 is 9.53 Å². The largest absolute Gasteiger partial charge is 0.370 e. The van der Waals surface area contributed by atoms with Gasteiger partial charge in [0.2, 0.25) is 0 Å². The van der Waals surface area contributed by atoms with Crippen molar-refractivity contribution in [2.24, 2.45) is 5.73 Å². The second-order valence-electron chi connectivity index (χ2n) is 3.27. The van der Waals surface area contributed by atoms with Crippen molar-refractivity contribution in [2.75, 3.05) is 19.0 Å². The van der Waals surface area contributed by atoms with Crippen LogP contribution in [0.1, 0.15) is 11.3 Å². The van der Waals surface area contributed by atoms with Gasteiger partial charge in [-0.3, -0.25) is 9.89 Å². The van der Waals surface area contributed by atoms with Crippen molar-refractivity contribution >= 4 is 11.7 Å². The van der Waals surface area contributed by atoms with Gasteiger partial charge < -0.3 is 15.8 Å². The van der Waals surface area contributed by atoms with Gasteiger partial charge in [0.15, 0.2) is 5.82 Å². The number of aromatic amines is 1. The van der Waals surface area contributed by atoms with Crippen molar-refractivity contribution in [3.63, 3.8) is 0 Å². The number of aromatic nitrogens is 2. The summed E-state index contributed by atoms with van der Waals surface area (Å²) >= 11 is 0. The first-order valence-electron chi connectivity index (χ1n) is 4.65. The summed E-state index contributed by atoms with van der Waals surface area (Å²) in [6.45, 7) is 3.90. The van der Waals surface area contributed by atoms with E-state index in [4.69, 9.17) is 10.5 Å². The van der Waals surface area contributed by atoms with Gasteiger partial charge in [-0.05, 0) is 13.8 Å². The lowest BCUT2D eigenvalue weighted by atomic mass is 10.2. The number of nitrogens with zero attached hydrogens (tertiary/aromatic N) is 1. The van der Waals surface area contributed by atoms with Crippen LogP contribution in [0.25, 0.3) is 0 Å². The topological polar surface area (TPSA) is 93.0 Å².